The van der Waals surface area contributed by atoms with E-state index < -0.39 is 5.97 Å². The van der Waals surface area contributed by atoms with Crippen molar-refractivity contribution in [1.82, 2.24) is 9.38 Å². The quantitative estimate of drug-likeness (QED) is 0.485. The highest BCUT2D eigenvalue weighted by Gasteiger charge is 2.11. The number of anilines is 1. The average molecular weight is 412 g/mol. The summed E-state index contributed by atoms with van der Waals surface area (Å²) in [6.07, 6.45) is 3.50. The number of carbonyl (C=O) groups excluding carboxylic acids is 2. The number of esters is 1. The predicted octanol–water partition coefficient (Wildman–Crippen LogP) is 4.66. The van der Waals surface area contributed by atoms with Gasteiger partial charge in [0.2, 0.25) is 0 Å². The van der Waals surface area contributed by atoms with Crippen molar-refractivity contribution >= 4 is 46.1 Å². The zero-order valence-corrected chi connectivity index (χ0v) is 16.0. The van der Waals surface area contributed by atoms with Crippen molar-refractivity contribution in [3.63, 3.8) is 0 Å². The molecule has 140 valence electrons. The van der Waals surface area contributed by atoms with Crippen LogP contribution in [0.2, 0.25) is 5.02 Å². The Bertz CT molecular complexity index is 1140. The second-order valence-electron chi connectivity index (χ2n) is 5.93. The molecule has 0 saturated carbocycles. The monoisotopic (exact) mass is 411 g/mol. The molecule has 28 heavy (non-hydrogen) atoms. The number of hydrogen-bond donors (Lipinski definition) is 1. The van der Waals surface area contributed by atoms with Crippen molar-refractivity contribution < 1.29 is 14.3 Å². The molecule has 1 N–H and O–H groups in total. The number of hydrogen-bond acceptors (Lipinski definition) is 5. The molecule has 6 nitrogen and oxygen atoms in total. The molecule has 0 aliphatic carbocycles. The van der Waals surface area contributed by atoms with Gasteiger partial charge in [0.25, 0.3) is 5.91 Å². The summed E-state index contributed by atoms with van der Waals surface area (Å²) in [7, 11) is 0. The lowest BCUT2D eigenvalue weighted by molar-refractivity contribution is 0.0468. The van der Waals surface area contributed by atoms with Crippen LogP contribution in [0, 0.1) is 0 Å². The molecule has 1 aromatic carbocycles. The number of fused-ring (bicyclic) bond motifs is 1. The Morgan fingerprint density at radius 2 is 1.93 bits per heavy atom. The van der Waals surface area contributed by atoms with E-state index in [0.717, 1.165) is 5.65 Å². The van der Waals surface area contributed by atoms with E-state index in [0.29, 0.717) is 26.8 Å². The van der Waals surface area contributed by atoms with Crippen molar-refractivity contribution in [2.75, 3.05) is 5.32 Å². The highest BCUT2D eigenvalue weighted by molar-refractivity contribution is 7.12. The lowest BCUT2D eigenvalue weighted by atomic mass is 10.2. The summed E-state index contributed by atoms with van der Waals surface area (Å²) in [5.41, 5.74) is 2.34. The zero-order valence-electron chi connectivity index (χ0n) is 14.5. The van der Waals surface area contributed by atoms with Crippen molar-refractivity contribution in [2.45, 2.75) is 6.61 Å². The maximum atomic E-state index is 12.2. The van der Waals surface area contributed by atoms with Crippen LogP contribution in [0.3, 0.4) is 0 Å². The second-order valence-corrected chi connectivity index (χ2v) is 7.31. The van der Waals surface area contributed by atoms with Crippen LogP contribution in [-0.2, 0) is 11.3 Å². The van der Waals surface area contributed by atoms with Crippen LogP contribution in [-0.4, -0.2) is 21.3 Å². The molecule has 0 bridgehead atoms. The first-order valence-electron chi connectivity index (χ1n) is 8.34. The molecule has 3 aromatic heterocycles. The van der Waals surface area contributed by atoms with Crippen LogP contribution < -0.4 is 5.32 Å². The van der Waals surface area contributed by atoms with Gasteiger partial charge in [-0.2, -0.15) is 0 Å². The summed E-state index contributed by atoms with van der Waals surface area (Å²) in [5.74, 6) is -0.650. The number of rotatable bonds is 5. The van der Waals surface area contributed by atoms with E-state index >= 15 is 0 Å². The summed E-state index contributed by atoms with van der Waals surface area (Å²) in [6.45, 7) is 0.0506. The van der Waals surface area contributed by atoms with Gasteiger partial charge >= 0.3 is 5.97 Å². The second kappa shape index (κ2) is 7.84. The smallest absolute Gasteiger partial charge is 0.338 e. The van der Waals surface area contributed by atoms with Crippen molar-refractivity contribution in [3.05, 3.63) is 87.5 Å². The van der Waals surface area contributed by atoms with Gasteiger partial charge in [0.05, 0.1) is 21.2 Å². The number of carbonyl (C=O) groups is 2. The van der Waals surface area contributed by atoms with Crippen LogP contribution in [0.25, 0.3) is 5.65 Å². The summed E-state index contributed by atoms with van der Waals surface area (Å²) >= 11 is 7.31. The fourth-order valence-corrected chi connectivity index (χ4v) is 3.39. The molecule has 3 heterocycles. The minimum Gasteiger partial charge on any atom is -0.456 e. The average Bonchev–Trinajstić information content (AvgIpc) is 3.36. The first-order valence-corrected chi connectivity index (χ1v) is 9.59. The Morgan fingerprint density at radius 1 is 1.11 bits per heavy atom. The van der Waals surface area contributed by atoms with Crippen LogP contribution in [0.5, 0.6) is 0 Å². The molecule has 8 heteroatoms. The standard InChI is InChI=1S/C20H14ClN3O3S/c21-14-5-8-18-22-16(11-24(18)10-14)12-27-20(26)13-3-6-15(7-4-13)23-19(25)17-2-1-9-28-17/h1-11H,12H2,(H,23,25). The number of ether oxygens (including phenoxy) is 1. The largest absolute Gasteiger partial charge is 0.456 e. The van der Waals surface area contributed by atoms with Gasteiger partial charge < -0.3 is 14.5 Å². The van der Waals surface area contributed by atoms with E-state index in [4.69, 9.17) is 16.3 Å². The van der Waals surface area contributed by atoms with E-state index in [1.807, 2.05) is 11.4 Å². The maximum Gasteiger partial charge on any atom is 0.338 e. The van der Waals surface area contributed by atoms with E-state index in [-0.39, 0.29) is 12.5 Å². The van der Waals surface area contributed by atoms with E-state index in [2.05, 4.69) is 10.3 Å². The van der Waals surface area contributed by atoms with Crippen molar-refractivity contribution in [1.29, 1.82) is 0 Å². The van der Waals surface area contributed by atoms with Crippen LogP contribution in [0.1, 0.15) is 25.7 Å². The highest BCUT2D eigenvalue weighted by Crippen LogP contribution is 2.16. The molecule has 0 spiro atoms. The molecule has 4 aromatic rings. The molecule has 0 unspecified atom stereocenters. The van der Waals surface area contributed by atoms with Gasteiger partial charge in [0.1, 0.15) is 12.3 Å². The number of aromatic nitrogens is 2. The van der Waals surface area contributed by atoms with Crippen molar-refractivity contribution in [2.24, 2.45) is 0 Å². The number of benzene rings is 1. The molecule has 1 amide bonds. The van der Waals surface area contributed by atoms with Gasteiger partial charge in [-0.25, -0.2) is 9.78 Å². The third kappa shape index (κ3) is 4.05. The topological polar surface area (TPSA) is 72.7 Å². The van der Waals surface area contributed by atoms with Gasteiger partial charge in [0, 0.05) is 18.1 Å². The van der Waals surface area contributed by atoms with Gasteiger partial charge in [-0.05, 0) is 47.8 Å². The summed E-state index contributed by atoms with van der Waals surface area (Å²) in [6, 6.07) is 13.6. The molecular weight excluding hydrogens is 398 g/mol. The fraction of sp³-hybridized carbons (Fsp3) is 0.0500. The Morgan fingerprint density at radius 3 is 2.68 bits per heavy atom. The van der Waals surface area contributed by atoms with E-state index in [1.165, 1.54) is 11.3 Å². The minimum absolute atomic E-state index is 0.0506. The lowest BCUT2D eigenvalue weighted by Gasteiger charge is -2.06. The molecular formula is C20H14ClN3O3S. The van der Waals surface area contributed by atoms with Gasteiger partial charge in [0.15, 0.2) is 0 Å². The third-order valence-corrected chi connectivity index (χ3v) is 5.03. The van der Waals surface area contributed by atoms with Crippen LogP contribution >= 0.6 is 22.9 Å². The summed E-state index contributed by atoms with van der Waals surface area (Å²) in [4.78, 5) is 29.3. The number of amides is 1. The fourth-order valence-electron chi connectivity index (χ4n) is 2.60. The number of nitrogens with zero attached hydrogens (tertiary/aromatic N) is 2. The molecule has 4 rings (SSSR count). The third-order valence-electron chi connectivity index (χ3n) is 3.94. The number of thiophene rings is 1. The van der Waals surface area contributed by atoms with Gasteiger partial charge in [-0.3, -0.25) is 4.79 Å². The van der Waals surface area contributed by atoms with Crippen LogP contribution in [0.4, 0.5) is 5.69 Å². The Hall–Kier alpha value is -3.16. The first kappa shape index (κ1) is 18.2. The summed E-state index contributed by atoms with van der Waals surface area (Å²) < 4.78 is 7.09. The van der Waals surface area contributed by atoms with Gasteiger partial charge in [-0.15, -0.1) is 11.3 Å². The Labute approximate surface area is 169 Å². The Balaban J connectivity index is 1.37. The zero-order chi connectivity index (χ0) is 19.5. The number of halogens is 1. The van der Waals surface area contributed by atoms with E-state index in [1.54, 1.807) is 59.3 Å². The predicted molar refractivity (Wildman–Crippen MR) is 108 cm³/mol. The molecule has 0 radical (unpaired) electrons. The number of nitrogens with one attached hydrogen (secondary N) is 1. The molecule has 0 atom stereocenters. The molecule has 0 fully saturated rings. The number of imidazole rings is 1. The van der Waals surface area contributed by atoms with Gasteiger partial charge in [-0.1, -0.05) is 17.7 Å². The minimum atomic E-state index is -0.466. The van der Waals surface area contributed by atoms with Crippen molar-refractivity contribution in [3.8, 4) is 0 Å². The summed E-state index contributed by atoms with van der Waals surface area (Å²) in [5, 5.41) is 5.22. The molecule has 0 aliphatic heterocycles. The first-order chi connectivity index (χ1) is 13.6. The normalized spacial score (nSPS) is 10.8. The van der Waals surface area contributed by atoms with Crippen LogP contribution in [0.15, 0.2) is 66.3 Å². The van der Waals surface area contributed by atoms with E-state index in [9.17, 15) is 9.59 Å². The number of pyridine rings is 1. The maximum absolute atomic E-state index is 12.2. The Kier molecular flexibility index (Phi) is 5.10. The molecule has 0 aliphatic rings. The molecule has 0 saturated heterocycles. The SMILES string of the molecule is O=C(OCc1cn2cc(Cl)ccc2n1)c1ccc(NC(=O)c2cccs2)cc1. The highest BCUT2D eigenvalue weighted by atomic mass is 35.5. The lowest BCUT2D eigenvalue weighted by Crippen LogP contribution is -2.10.